The van der Waals surface area contributed by atoms with Gasteiger partial charge in [0.25, 0.3) is 0 Å². The molecule has 0 saturated carbocycles. The third-order valence-corrected chi connectivity index (χ3v) is 10.2. The standard InChI is InChI=1S/C35H30N4O4/c1-7-21-17(3)25-13-26-19(5)23(9-11-33(40)41)31-16-32-24(10-12-34(42)43)20(6)28-15-30-22(8-2)18(4)27-14-29(21)36(25)35(37(27)30,38(26)31)39(28)32/h7-8,13-16H,1-2,9-12H2,3-6H3/p+2/t35-/m0/s1. The van der Waals surface area contributed by atoms with Crippen LogP contribution in [-0.2, 0) is 15.5 Å². The van der Waals surface area contributed by atoms with Crippen molar-refractivity contribution in [2.24, 2.45) is 0 Å². The predicted molar refractivity (Wildman–Crippen MR) is 165 cm³/mol. The maximum absolute atomic E-state index is 11.8. The highest BCUT2D eigenvalue weighted by molar-refractivity contribution is 6.20. The third kappa shape index (κ3) is 2.73. The highest BCUT2D eigenvalue weighted by Crippen LogP contribution is 2.51. The fourth-order valence-corrected chi connectivity index (χ4v) is 8.35. The number of carboxylic acid groups (broad SMARTS) is 2. The molecule has 0 amide bonds. The molecule has 1 atom stereocenters. The monoisotopic (exact) mass is 572 g/mol. The maximum Gasteiger partial charge on any atom is 0.553 e. The summed E-state index contributed by atoms with van der Waals surface area (Å²) in [6.07, 6.45) is 13.6. The van der Waals surface area contributed by atoms with Crippen LogP contribution in [0.25, 0.3) is 30.4 Å². The van der Waals surface area contributed by atoms with E-state index in [1.807, 2.05) is 12.2 Å². The highest BCUT2D eigenvalue weighted by Gasteiger charge is 2.72. The van der Waals surface area contributed by atoms with Crippen LogP contribution in [0, 0.1) is 13.8 Å². The van der Waals surface area contributed by atoms with Gasteiger partial charge in [0, 0.05) is 58.4 Å². The molecule has 2 N–H and O–H groups in total. The summed E-state index contributed by atoms with van der Waals surface area (Å²) in [6, 6.07) is 0. The van der Waals surface area contributed by atoms with Crippen molar-refractivity contribution in [3.8, 4) is 0 Å². The van der Waals surface area contributed by atoms with Crippen molar-refractivity contribution in [1.29, 1.82) is 0 Å². The Labute approximate surface area is 248 Å². The minimum atomic E-state index is -0.922. The fraction of sp³-hybridized carbons (Fsp3) is 0.257. The highest BCUT2D eigenvalue weighted by atomic mass is 16.4. The van der Waals surface area contributed by atoms with Crippen molar-refractivity contribution in [3.05, 3.63) is 97.3 Å². The van der Waals surface area contributed by atoms with Gasteiger partial charge in [0.15, 0.2) is 0 Å². The van der Waals surface area contributed by atoms with Gasteiger partial charge in [0.1, 0.15) is 0 Å². The summed E-state index contributed by atoms with van der Waals surface area (Å²) >= 11 is 0. The van der Waals surface area contributed by atoms with Crippen molar-refractivity contribution >= 4 is 53.7 Å². The molecule has 0 radical (unpaired) electrons. The summed E-state index contributed by atoms with van der Waals surface area (Å²) in [5.74, 6) is -2.59. The molecule has 8 rings (SSSR count). The van der Waals surface area contributed by atoms with Crippen LogP contribution in [0.1, 0.15) is 73.2 Å². The van der Waals surface area contributed by atoms with Gasteiger partial charge in [-0.25, -0.2) is 0 Å². The molecule has 6 aliphatic rings. The van der Waals surface area contributed by atoms with E-state index in [4.69, 9.17) is 0 Å². The van der Waals surface area contributed by atoms with Crippen molar-refractivity contribution in [2.45, 2.75) is 59.3 Å². The van der Waals surface area contributed by atoms with Crippen LogP contribution in [-0.4, -0.2) is 51.9 Å². The van der Waals surface area contributed by atoms with Crippen molar-refractivity contribution < 1.29 is 29.0 Å². The van der Waals surface area contributed by atoms with Crippen LogP contribution in [0.2, 0.25) is 0 Å². The second-order valence-electron chi connectivity index (χ2n) is 12.1. The predicted octanol–water partition coefficient (Wildman–Crippen LogP) is 3.79. The van der Waals surface area contributed by atoms with Crippen LogP contribution in [0.15, 0.2) is 52.9 Å². The minimum Gasteiger partial charge on any atom is -0.481 e. The van der Waals surface area contributed by atoms with E-state index in [0.29, 0.717) is 12.8 Å². The number of rotatable bonds is 8. The van der Waals surface area contributed by atoms with Gasteiger partial charge >= 0.3 is 17.8 Å². The van der Waals surface area contributed by atoms with Crippen LogP contribution in [0.4, 0.5) is 0 Å². The molecule has 0 aromatic carbocycles. The number of carbonyl (C=O) groups is 2. The lowest BCUT2D eigenvalue weighted by atomic mass is 9.96. The lowest BCUT2D eigenvalue weighted by Crippen LogP contribution is -2.70. The topological polar surface area (TPSA) is 90.5 Å². The first-order valence-electron chi connectivity index (χ1n) is 14.7. The van der Waals surface area contributed by atoms with E-state index in [-0.39, 0.29) is 12.8 Å². The Morgan fingerprint density at radius 2 is 1.40 bits per heavy atom. The molecule has 8 nitrogen and oxygen atoms in total. The van der Waals surface area contributed by atoms with E-state index in [1.165, 1.54) is 0 Å². The first-order chi connectivity index (χ1) is 20.6. The van der Waals surface area contributed by atoms with Gasteiger partial charge in [0.05, 0.1) is 28.2 Å². The summed E-state index contributed by atoms with van der Waals surface area (Å²) in [6.45, 7) is 16.9. The smallest absolute Gasteiger partial charge is 0.481 e. The Kier molecular flexibility index (Phi) is 4.84. The Hall–Kier alpha value is -4.98. The van der Waals surface area contributed by atoms with Gasteiger partial charge in [-0.2, -0.15) is 9.13 Å². The van der Waals surface area contributed by atoms with Crippen molar-refractivity contribution in [3.63, 3.8) is 0 Å². The Morgan fingerprint density at radius 3 is 2.05 bits per heavy atom. The van der Waals surface area contributed by atoms with Crippen LogP contribution >= 0.6 is 0 Å². The molecule has 214 valence electrons. The lowest BCUT2D eigenvalue weighted by molar-refractivity contribution is -0.837. The molecule has 0 saturated heterocycles. The van der Waals surface area contributed by atoms with Crippen molar-refractivity contribution in [1.82, 2.24) is 9.13 Å². The third-order valence-electron chi connectivity index (χ3n) is 10.2. The first-order valence-corrected chi connectivity index (χ1v) is 14.7. The molecule has 8 heterocycles. The van der Waals surface area contributed by atoms with E-state index in [0.717, 1.165) is 89.4 Å². The molecule has 8 heteroatoms. The molecule has 0 unspecified atom stereocenters. The number of hydrogen-bond donors (Lipinski definition) is 2. The van der Waals surface area contributed by atoms with Gasteiger partial charge < -0.3 is 10.2 Å². The Balaban J connectivity index is 1.60. The molecule has 43 heavy (non-hydrogen) atoms. The number of hydrogen-bond acceptors (Lipinski definition) is 2. The molecule has 0 bridgehead atoms. The summed E-state index contributed by atoms with van der Waals surface area (Å²) in [4.78, 5) is 23.6. The molecule has 0 aliphatic carbocycles. The fourth-order valence-electron chi connectivity index (χ4n) is 8.35. The van der Waals surface area contributed by atoms with E-state index < -0.39 is 17.8 Å². The second-order valence-corrected chi connectivity index (χ2v) is 12.1. The summed E-state index contributed by atoms with van der Waals surface area (Å²) in [7, 11) is 0. The number of aromatic nitrogens is 2. The van der Waals surface area contributed by atoms with Crippen molar-refractivity contribution in [2.75, 3.05) is 0 Å². The number of carboxylic acids is 2. The zero-order valence-electron chi connectivity index (χ0n) is 24.7. The quantitative estimate of drug-likeness (QED) is 0.471. The largest absolute Gasteiger partial charge is 0.553 e. The van der Waals surface area contributed by atoms with E-state index in [9.17, 15) is 19.8 Å². The van der Waals surface area contributed by atoms with Gasteiger partial charge in [-0.15, -0.1) is 0 Å². The van der Waals surface area contributed by atoms with Gasteiger partial charge in [-0.1, -0.05) is 34.5 Å². The Bertz CT molecular complexity index is 2200. The van der Waals surface area contributed by atoms with E-state index in [2.05, 4.69) is 83.4 Å². The zero-order chi connectivity index (χ0) is 30.3. The van der Waals surface area contributed by atoms with Crippen LogP contribution in [0.3, 0.4) is 0 Å². The summed E-state index contributed by atoms with van der Waals surface area (Å²) in [5, 5.41) is 21.5. The van der Waals surface area contributed by atoms with Crippen LogP contribution in [0.5, 0.6) is 0 Å². The molecular weight excluding hydrogens is 540 g/mol. The molecule has 1 spiro atoms. The van der Waals surface area contributed by atoms with Crippen LogP contribution < -0.4 is 10.7 Å². The van der Waals surface area contributed by atoms with E-state index in [1.54, 1.807) is 0 Å². The molecule has 2 aromatic rings. The van der Waals surface area contributed by atoms with Gasteiger partial charge in [-0.05, 0) is 57.7 Å². The second kappa shape index (κ2) is 8.10. The average Bonchev–Trinajstić information content (AvgIpc) is 3.60. The summed E-state index contributed by atoms with van der Waals surface area (Å²) in [5.41, 5.74) is 14.7. The average molecular weight is 573 g/mol. The summed E-state index contributed by atoms with van der Waals surface area (Å²) < 4.78 is 9.59. The molecule has 6 aliphatic heterocycles. The minimum absolute atomic E-state index is 0.0190. The Morgan fingerprint density at radius 1 is 0.744 bits per heavy atom. The first kappa shape index (κ1) is 25.7. The normalized spacial score (nSPS) is 21.4. The van der Waals surface area contributed by atoms with Gasteiger partial charge in [0.2, 0.25) is 22.8 Å². The van der Waals surface area contributed by atoms with E-state index >= 15 is 0 Å². The lowest BCUT2D eigenvalue weighted by Gasteiger charge is -2.38. The zero-order valence-corrected chi connectivity index (χ0v) is 24.7. The SMILES string of the molecule is C=Cc1c(C)c2n3c1C=c1c(C)c(C=C)c4n1[C@@]31[N+]3=C(C=4)C(C)=C(CCC(=O)O)C3=CC3=[N+]1C(=C2)C(C)=C3CCC(=O)O. The molecular formula is C35H32N4O4+2. The molecule has 0 fully saturated rings. The number of aliphatic carboxylic acids is 2. The molecule has 2 aromatic heterocycles. The number of nitrogens with zero attached hydrogens (tertiary/aromatic N) is 4. The maximum atomic E-state index is 11.8. The van der Waals surface area contributed by atoms with Gasteiger partial charge in [-0.3, -0.25) is 9.59 Å². The number of allylic oxidation sites excluding steroid dienone is 5.